The molecule has 3 aromatic heterocycles. The highest BCUT2D eigenvalue weighted by Crippen LogP contribution is 2.33. The van der Waals surface area contributed by atoms with Gasteiger partial charge in [0.05, 0.1) is 28.9 Å². The molecule has 0 radical (unpaired) electrons. The van der Waals surface area contributed by atoms with Crippen LogP contribution in [-0.4, -0.2) is 26.5 Å². The van der Waals surface area contributed by atoms with Crippen molar-refractivity contribution in [1.82, 2.24) is 19.4 Å². The molecule has 2 aromatic carbocycles. The molecule has 10 heteroatoms. The molecule has 0 unspecified atom stereocenters. The van der Waals surface area contributed by atoms with Crippen LogP contribution < -0.4 is 19.6 Å². The second-order valence-corrected chi connectivity index (χ2v) is 7.79. The highest BCUT2D eigenvalue weighted by molar-refractivity contribution is 7.15. The van der Waals surface area contributed by atoms with Crippen LogP contribution >= 0.6 is 22.9 Å². The molecular formula is C21H12ClFN4O3S. The maximum atomic E-state index is 13.9. The molecular weight excluding hydrogens is 443 g/mol. The topological polar surface area (TPSA) is 78.6 Å². The molecule has 3 heterocycles. The Morgan fingerprint density at radius 1 is 1.16 bits per heavy atom. The van der Waals surface area contributed by atoms with E-state index in [4.69, 9.17) is 21.1 Å². The number of thiazole rings is 1. The van der Waals surface area contributed by atoms with E-state index in [0.717, 1.165) is 17.2 Å². The van der Waals surface area contributed by atoms with Crippen LogP contribution in [0.15, 0.2) is 53.5 Å². The molecule has 0 aliphatic heterocycles. The SMILES string of the molecule is COc1cc(/C=c2\sc3nc4ccccc4n3c2=O)ccc1Oc1nc(Cl)ncc1F. The maximum absolute atomic E-state index is 13.9. The highest BCUT2D eigenvalue weighted by Gasteiger charge is 2.14. The van der Waals surface area contributed by atoms with Crippen molar-refractivity contribution in [3.63, 3.8) is 0 Å². The van der Waals surface area contributed by atoms with Gasteiger partial charge in [-0.3, -0.25) is 4.79 Å². The van der Waals surface area contributed by atoms with E-state index in [1.54, 1.807) is 28.7 Å². The summed E-state index contributed by atoms with van der Waals surface area (Å²) in [6, 6.07) is 12.5. The molecule has 0 fully saturated rings. The lowest BCUT2D eigenvalue weighted by molar-refractivity contribution is 0.363. The average molecular weight is 455 g/mol. The van der Waals surface area contributed by atoms with Crippen LogP contribution in [0.1, 0.15) is 5.56 Å². The van der Waals surface area contributed by atoms with Gasteiger partial charge >= 0.3 is 0 Å². The molecule has 5 aromatic rings. The molecule has 5 rings (SSSR count). The van der Waals surface area contributed by atoms with Gasteiger partial charge in [-0.1, -0.05) is 29.5 Å². The van der Waals surface area contributed by atoms with Crippen LogP contribution in [-0.2, 0) is 0 Å². The number of benzene rings is 2. The van der Waals surface area contributed by atoms with Crippen molar-refractivity contribution < 1.29 is 13.9 Å². The molecule has 0 saturated carbocycles. The zero-order valence-electron chi connectivity index (χ0n) is 15.9. The Labute approximate surface area is 183 Å². The summed E-state index contributed by atoms with van der Waals surface area (Å²) < 4.78 is 26.9. The lowest BCUT2D eigenvalue weighted by atomic mass is 10.2. The van der Waals surface area contributed by atoms with Gasteiger partial charge in [0.25, 0.3) is 11.4 Å². The summed E-state index contributed by atoms with van der Waals surface area (Å²) in [7, 11) is 1.46. The van der Waals surface area contributed by atoms with Crippen LogP contribution in [0.2, 0.25) is 5.28 Å². The molecule has 0 N–H and O–H groups in total. The third kappa shape index (κ3) is 3.47. The van der Waals surface area contributed by atoms with Gasteiger partial charge in [-0.05, 0) is 47.5 Å². The smallest absolute Gasteiger partial charge is 0.274 e. The number of imidazole rings is 1. The summed E-state index contributed by atoms with van der Waals surface area (Å²) in [5.74, 6) is -0.500. The summed E-state index contributed by atoms with van der Waals surface area (Å²) >= 11 is 7.01. The first-order valence-corrected chi connectivity index (χ1v) is 10.2. The van der Waals surface area contributed by atoms with E-state index in [-0.39, 0.29) is 22.5 Å². The van der Waals surface area contributed by atoms with Gasteiger partial charge in [-0.2, -0.15) is 9.37 Å². The summed E-state index contributed by atoms with van der Waals surface area (Å²) in [6.07, 6.45) is 2.66. The third-order valence-electron chi connectivity index (χ3n) is 4.52. The number of methoxy groups -OCH3 is 1. The number of para-hydroxylation sites is 2. The van der Waals surface area contributed by atoms with Crippen molar-refractivity contribution in [3.05, 3.63) is 80.2 Å². The van der Waals surface area contributed by atoms with E-state index in [2.05, 4.69) is 15.0 Å². The molecule has 0 aliphatic carbocycles. The number of halogens is 2. The van der Waals surface area contributed by atoms with Crippen LogP contribution in [0.25, 0.3) is 22.1 Å². The fraction of sp³-hybridized carbons (Fsp3) is 0.0476. The van der Waals surface area contributed by atoms with Gasteiger partial charge < -0.3 is 9.47 Å². The zero-order valence-corrected chi connectivity index (χ0v) is 17.4. The van der Waals surface area contributed by atoms with Gasteiger partial charge in [0.15, 0.2) is 16.5 Å². The number of hydrogen-bond acceptors (Lipinski definition) is 7. The Bertz CT molecular complexity index is 1570. The second kappa shape index (κ2) is 7.60. The van der Waals surface area contributed by atoms with Gasteiger partial charge in [0.1, 0.15) is 0 Å². The Balaban J connectivity index is 1.55. The Morgan fingerprint density at radius 2 is 2.00 bits per heavy atom. The first kappa shape index (κ1) is 19.4. The Morgan fingerprint density at radius 3 is 2.84 bits per heavy atom. The molecule has 0 atom stereocenters. The number of rotatable bonds is 4. The van der Waals surface area contributed by atoms with Crippen LogP contribution in [0.4, 0.5) is 4.39 Å². The predicted octanol–water partition coefficient (Wildman–Crippen LogP) is 3.84. The summed E-state index contributed by atoms with van der Waals surface area (Å²) in [5.41, 5.74) is 2.10. The number of ether oxygens (including phenoxy) is 2. The van der Waals surface area contributed by atoms with Gasteiger partial charge in [0.2, 0.25) is 11.1 Å². The first-order valence-electron chi connectivity index (χ1n) is 8.99. The second-order valence-electron chi connectivity index (χ2n) is 6.44. The molecule has 7 nitrogen and oxygen atoms in total. The number of hydrogen-bond donors (Lipinski definition) is 0. The predicted molar refractivity (Wildman–Crippen MR) is 116 cm³/mol. The van der Waals surface area contributed by atoms with E-state index in [9.17, 15) is 9.18 Å². The largest absolute Gasteiger partial charge is 0.493 e. The van der Waals surface area contributed by atoms with E-state index >= 15 is 0 Å². The van der Waals surface area contributed by atoms with Crippen LogP contribution in [0.3, 0.4) is 0 Å². The van der Waals surface area contributed by atoms with E-state index < -0.39 is 5.82 Å². The minimum Gasteiger partial charge on any atom is -0.493 e. The van der Waals surface area contributed by atoms with E-state index in [0.29, 0.717) is 20.8 Å². The molecule has 0 amide bonds. The minimum absolute atomic E-state index is 0.140. The highest BCUT2D eigenvalue weighted by atomic mass is 35.5. The minimum atomic E-state index is -0.757. The monoisotopic (exact) mass is 454 g/mol. The molecule has 0 spiro atoms. The Hall–Kier alpha value is -3.56. The van der Waals surface area contributed by atoms with Crippen molar-refractivity contribution in [2.75, 3.05) is 7.11 Å². The summed E-state index contributed by atoms with van der Waals surface area (Å²) in [4.78, 5) is 25.3. The molecule has 31 heavy (non-hydrogen) atoms. The van der Waals surface area contributed by atoms with Crippen LogP contribution in [0, 0.1) is 5.82 Å². The zero-order chi connectivity index (χ0) is 21.5. The Kier molecular flexibility index (Phi) is 4.76. The fourth-order valence-electron chi connectivity index (χ4n) is 3.13. The molecule has 0 aliphatic rings. The van der Waals surface area contributed by atoms with Crippen molar-refractivity contribution >= 4 is 45.0 Å². The van der Waals surface area contributed by atoms with Gasteiger partial charge in [-0.25, -0.2) is 14.4 Å². The quantitative estimate of drug-likeness (QED) is 0.384. The number of nitrogens with zero attached hydrogens (tertiary/aromatic N) is 4. The van der Waals surface area contributed by atoms with Crippen molar-refractivity contribution in [1.29, 1.82) is 0 Å². The van der Waals surface area contributed by atoms with Crippen molar-refractivity contribution in [3.8, 4) is 17.4 Å². The van der Waals surface area contributed by atoms with Gasteiger partial charge in [-0.15, -0.1) is 0 Å². The van der Waals surface area contributed by atoms with Crippen molar-refractivity contribution in [2.24, 2.45) is 0 Å². The molecule has 154 valence electrons. The van der Waals surface area contributed by atoms with E-state index in [1.165, 1.54) is 18.4 Å². The fourth-order valence-corrected chi connectivity index (χ4v) is 4.24. The summed E-state index contributed by atoms with van der Waals surface area (Å²) in [5, 5.41) is -0.140. The lowest BCUT2D eigenvalue weighted by Gasteiger charge is -2.10. The molecule has 0 bridgehead atoms. The van der Waals surface area contributed by atoms with Crippen molar-refractivity contribution in [2.45, 2.75) is 0 Å². The van der Waals surface area contributed by atoms with E-state index in [1.807, 2.05) is 24.3 Å². The number of aromatic nitrogens is 4. The van der Waals surface area contributed by atoms with Crippen LogP contribution in [0.5, 0.6) is 17.4 Å². The average Bonchev–Trinajstić information content (AvgIpc) is 3.28. The summed E-state index contributed by atoms with van der Waals surface area (Å²) in [6.45, 7) is 0. The first-order chi connectivity index (χ1) is 15.0. The standard InChI is InChI=1S/C21H12ClFN4O3S/c1-29-16-8-11(6-7-15(16)30-18-12(23)10-24-20(22)26-18)9-17-19(28)27-14-5-3-2-4-13(14)25-21(27)31-17/h2-10H,1H3/b17-9-. The lowest BCUT2D eigenvalue weighted by Crippen LogP contribution is -2.22. The molecule has 0 saturated heterocycles. The number of fused-ring (bicyclic) bond motifs is 3. The maximum Gasteiger partial charge on any atom is 0.274 e. The normalized spacial score (nSPS) is 12.0. The third-order valence-corrected chi connectivity index (χ3v) is 5.67. The van der Waals surface area contributed by atoms with Gasteiger partial charge in [0, 0.05) is 0 Å².